The van der Waals surface area contributed by atoms with Gasteiger partial charge in [0.05, 0.1) is 0 Å². The van der Waals surface area contributed by atoms with Crippen molar-refractivity contribution in [2.24, 2.45) is 4.99 Å². The van der Waals surface area contributed by atoms with Crippen LogP contribution < -0.4 is 5.32 Å². The standard InChI is InChI=1S/C17H13FN2O/c1-11-5-2-3-8-14(11)16-19-15(17(21)20-16)10-12-6-4-7-13(18)9-12/h2-10H,1H3,(H,19,20,21)/b15-10+. The topological polar surface area (TPSA) is 41.5 Å². The summed E-state index contributed by atoms with van der Waals surface area (Å²) in [7, 11) is 0. The van der Waals surface area contributed by atoms with E-state index < -0.39 is 0 Å². The van der Waals surface area contributed by atoms with E-state index in [-0.39, 0.29) is 17.4 Å². The summed E-state index contributed by atoms with van der Waals surface area (Å²) in [5.74, 6) is -0.0934. The lowest BCUT2D eigenvalue weighted by Crippen LogP contribution is -2.25. The first-order valence-electron chi connectivity index (χ1n) is 6.57. The van der Waals surface area contributed by atoms with Gasteiger partial charge < -0.3 is 5.32 Å². The summed E-state index contributed by atoms with van der Waals surface area (Å²) >= 11 is 0. The highest BCUT2D eigenvalue weighted by Crippen LogP contribution is 2.17. The summed E-state index contributed by atoms with van der Waals surface area (Å²) in [6.45, 7) is 1.96. The highest BCUT2D eigenvalue weighted by atomic mass is 19.1. The summed E-state index contributed by atoms with van der Waals surface area (Å²) in [6, 6.07) is 13.7. The zero-order chi connectivity index (χ0) is 14.8. The molecular formula is C17H13FN2O. The molecular weight excluding hydrogens is 267 g/mol. The molecule has 0 saturated carbocycles. The molecule has 4 heteroatoms. The van der Waals surface area contributed by atoms with Gasteiger partial charge in [-0.05, 0) is 36.3 Å². The largest absolute Gasteiger partial charge is 0.305 e. The van der Waals surface area contributed by atoms with Gasteiger partial charge in [-0.25, -0.2) is 9.38 Å². The number of aryl methyl sites for hydroxylation is 1. The predicted octanol–water partition coefficient (Wildman–Crippen LogP) is 3.05. The fourth-order valence-electron chi connectivity index (χ4n) is 2.19. The van der Waals surface area contributed by atoms with Gasteiger partial charge >= 0.3 is 0 Å². The first-order chi connectivity index (χ1) is 10.1. The van der Waals surface area contributed by atoms with Crippen molar-refractivity contribution in [1.29, 1.82) is 0 Å². The summed E-state index contributed by atoms with van der Waals surface area (Å²) in [6.07, 6.45) is 1.57. The van der Waals surface area contributed by atoms with Crippen LogP contribution >= 0.6 is 0 Å². The third-order valence-electron chi connectivity index (χ3n) is 3.25. The van der Waals surface area contributed by atoms with Gasteiger partial charge in [0, 0.05) is 5.56 Å². The van der Waals surface area contributed by atoms with E-state index in [1.807, 2.05) is 31.2 Å². The summed E-state index contributed by atoms with van der Waals surface area (Å²) in [5.41, 5.74) is 2.80. The molecule has 1 aliphatic heterocycles. The number of hydrogen-bond acceptors (Lipinski definition) is 2. The number of amidine groups is 1. The molecule has 0 spiro atoms. The molecule has 0 radical (unpaired) electrons. The Labute approximate surface area is 121 Å². The van der Waals surface area contributed by atoms with Crippen LogP contribution in [-0.2, 0) is 4.79 Å². The van der Waals surface area contributed by atoms with E-state index in [4.69, 9.17) is 0 Å². The maximum absolute atomic E-state index is 13.2. The molecule has 21 heavy (non-hydrogen) atoms. The van der Waals surface area contributed by atoms with Gasteiger partial charge in [0.15, 0.2) is 0 Å². The van der Waals surface area contributed by atoms with Crippen molar-refractivity contribution in [2.75, 3.05) is 0 Å². The molecule has 1 amide bonds. The van der Waals surface area contributed by atoms with E-state index in [1.54, 1.807) is 18.2 Å². The van der Waals surface area contributed by atoms with Crippen LogP contribution in [0, 0.1) is 12.7 Å². The molecule has 1 aliphatic rings. The number of amides is 1. The number of rotatable bonds is 2. The minimum Gasteiger partial charge on any atom is -0.305 e. The van der Waals surface area contributed by atoms with Gasteiger partial charge in [0.25, 0.3) is 5.91 Å². The van der Waals surface area contributed by atoms with E-state index in [2.05, 4.69) is 10.3 Å². The van der Waals surface area contributed by atoms with Crippen LogP contribution in [0.15, 0.2) is 59.2 Å². The zero-order valence-corrected chi connectivity index (χ0v) is 11.4. The molecule has 0 aliphatic carbocycles. The second-order valence-corrected chi connectivity index (χ2v) is 4.81. The van der Waals surface area contributed by atoms with E-state index in [9.17, 15) is 9.18 Å². The van der Waals surface area contributed by atoms with Crippen LogP contribution in [0.3, 0.4) is 0 Å². The van der Waals surface area contributed by atoms with Crippen molar-refractivity contribution in [3.05, 3.63) is 76.7 Å². The van der Waals surface area contributed by atoms with Gasteiger partial charge in [0.2, 0.25) is 0 Å². The molecule has 3 rings (SSSR count). The number of nitrogens with zero attached hydrogens (tertiary/aromatic N) is 1. The third kappa shape index (κ3) is 2.74. The molecule has 0 saturated heterocycles. The number of nitrogens with one attached hydrogen (secondary N) is 1. The number of carbonyl (C=O) groups is 1. The summed E-state index contributed by atoms with van der Waals surface area (Å²) in [5, 5.41) is 2.74. The first kappa shape index (κ1) is 13.2. The van der Waals surface area contributed by atoms with E-state index in [1.165, 1.54) is 12.1 Å². The minimum absolute atomic E-state index is 0.277. The van der Waals surface area contributed by atoms with Crippen LogP contribution in [0.4, 0.5) is 4.39 Å². The fourth-order valence-corrected chi connectivity index (χ4v) is 2.19. The second-order valence-electron chi connectivity index (χ2n) is 4.81. The molecule has 0 atom stereocenters. The Kier molecular flexibility index (Phi) is 3.36. The lowest BCUT2D eigenvalue weighted by molar-refractivity contribution is -0.115. The lowest BCUT2D eigenvalue weighted by Gasteiger charge is -2.03. The molecule has 1 heterocycles. The molecule has 0 fully saturated rings. The maximum Gasteiger partial charge on any atom is 0.275 e. The fraction of sp³-hybridized carbons (Fsp3) is 0.0588. The Bertz CT molecular complexity index is 778. The number of halogens is 1. The highest BCUT2D eigenvalue weighted by molar-refractivity contribution is 6.20. The van der Waals surface area contributed by atoms with Crippen LogP contribution in [0.1, 0.15) is 16.7 Å². The Morgan fingerprint density at radius 3 is 2.71 bits per heavy atom. The Balaban J connectivity index is 1.98. The number of aliphatic imine (C=N–C) groups is 1. The third-order valence-corrected chi connectivity index (χ3v) is 3.25. The molecule has 104 valence electrons. The van der Waals surface area contributed by atoms with Crippen LogP contribution in [0.2, 0.25) is 0 Å². The van der Waals surface area contributed by atoms with Gasteiger partial charge in [-0.1, -0.05) is 36.4 Å². The zero-order valence-electron chi connectivity index (χ0n) is 11.4. The number of hydrogen-bond donors (Lipinski definition) is 1. The molecule has 0 aromatic heterocycles. The maximum atomic E-state index is 13.2. The van der Waals surface area contributed by atoms with E-state index in [0.29, 0.717) is 11.4 Å². The lowest BCUT2D eigenvalue weighted by atomic mass is 10.1. The smallest absolute Gasteiger partial charge is 0.275 e. The van der Waals surface area contributed by atoms with Gasteiger partial charge in [0.1, 0.15) is 17.3 Å². The van der Waals surface area contributed by atoms with E-state index in [0.717, 1.165) is 11.1 Å². The predicted molar refractivity (Wildman–Crippen MR) is 80.2 cm³/mol. The van der Waals surface area contributed by atoms with Gasteiger partial charge in [-0.15, -0.1) is 0 Å². The Morgan fingerprint density at radius 2 is 1.95 bits per heavy atom. The highest BCUT2D eigenvalue weighted by Gasteiger charge is 2.21. The quantitative estimate of drug-likeness (QED) is 0.844. The Morgan fingerprint density at radius 1 is 1.14 bits per heavy atom. The van der Waals surface area contributed by atoms with Crippen LogP contribution in [-0.4, -0.2) is 11.7 Å². The number of carbonyl (C=O) groups excluding carboxylic acids is 1. The molecule has 2 aromatic rings. The number of benzene rings is 2. The van der Waals surface area contributed by atoms with Crippen molar-refractivity contribution in [3.8, 4) is 0 Å². The average Bonchev–Trinajstić information content (AvgIpc) is 2.80. The molecule has 0 bridgehead atoms. The summed E-state index contributed by atoms with van der Waals surface area (Å²) in [4.78, 5) is 16.3. The monoisotopic (exact) mass is 280 g/mol. The second kappa shape index (κ2) is 5.32. The van der Waals surface area contributed by atoms with Crippen LogP contribution in [0.25, 0.3) is 6.08 Å². The van der Waals surface area contributed by atoms with Crippen molar-refractivity contribution >= 4 is 17.8 Å². The summed E-state index contributed by atoms with van der Waals surface area (Å²) < 4.78 is 13.2. The molecule has 2 aromatic carbocycles. The van der Waals surface area contributed by atoms with Gasteiger partial charge in [-0.3, -0.25) is 4.79 Å². The van der Waals surface area contributed by atoms with Crippen molar-refractivity contribution in [1.82, 2.24) is 5.32 Å². The van der Waals surface area contributed by atoms with Gasteiger partial charge in [-0.2, -0.15) is 0 Å². The minimum atomic E-state index is -0.342. The van der Waals surface area contributed by atoms with Crippen LogP contribution in [0.5, 0.6) is 0 Å². The molecule has 0 unspecified atom stereocenters. The SMILES string of the molecule is Cc1ccccc1C1=N/C(=C/c2cccc(F)c2)C(=O)N1. The molecule has 1 N–H and O–H groups in total. The molecule has 3 nitrogen and oxygen atoms in total. The van der Waals surface area contributed by atoms with Crippen molar-refractivity contribution in [3.63, 3.8) is 0 Å². The average molecular weight is 280 g/mol. The normalized spacial score (nSPS) is 16.0. The van der Waals surface area contributed by atoms with E-state index >= 15 is 0 Å². The van der Waals surface area contributed by atoms with Crippen molar-refractivity contribution in [2.45, 2.75) is 6.92 Å². The van der Waals surface area contributed by atoms with Crippen molar-refractivity contribution < 1.29 is 9.18 Å². The first-order valence-corrected chi connectivity index (χ1v) is 6.57. The Hall–Kier alpha value is -2.75.